The minimum Gasteiger partial charge on any atom is -0.370 e. The summed E-state index contributed by atoms with van der Waals surface area (Å²) in [6.07, 6.45) is 1.62. The quantitative estimate of drug-likeness (QED) is 0.432. The number of guanidine groups is 1. The van der Waals surface area contributed by atoms with Gasteiger partial charge in [-0.2, -0.15) is 5.10 Å². The molecule has 6 heteroatoms. The molecule has 0 aliphatic rings. The molecule has 1 rings (SSSR count). The van der Waals surface area contributed by atoms with E-state index in [0.717, 1.165) is 9.88 Å². The third-order valence-electron chi connectivity index (χ3n) is 1.41. The van der Waals surface area contributed by atoms with E-state index < -0.39 is 0 Å². The lowest BCUT2D eigenvalue weighted by molar-refractivity contribution is 1.16. The maximum atomic E-state index is 5.12. The van der Waals surface area contributed by atoms with E-state index in [4.69, 9.17) is 11.5 Å². The second kappa shape index (κ2) is 4.61. The maximum absolute atomic E-state index is 5.12. The molecule has 0 saturated carbocycles. The van der Waals surface area contributed by atoms with Crippen LogP contribution in [0.15, 0.2) is 22.3 Å². The Labute approximate surface area is 86.7 Å². The predicted octanol–water partition coefficient (Wildman–Crippen LogP) is 0.421. The summed E-state index contributed by atoms with van der Waals surface area (Å²) in [5.74, 6) is -0.0364. The summed E-state index contributed by atoms with van der Waals surface area (Å²) >= 11 is 1.62. The van der Waals surface area contributed by atoms with E-state index in [0.29, 0.717) is 0 Å². The average molecular weight is 211 g/mol. The summed E-state index contributed by atoms with van der Waals surface area (Å²) in [7, 11) is 3.98. The molecule has 14 heavy (non-hydrogen) atoms. The molecular formula is C8H13N5S. The summed E-state index contributed by atoms with van der Waals surface area (Å²) in [6.45, 7) is 0. The fourth-order valence-electron chi connectivity index (χ4n) is 0.804. The summed E-state index contributed by atoms with van der Waals surface area (Å²) in [6, 6.07) is 3.98. The van der Waals surface area contributed by atoms with Gasteiger partial charge in [-0.15, -0.1) is 16.4 Å². The number of anilines is 1. The van der Waals surface area contributed by atoms with Gasteiger partial charge in [-0.25, -0.2) is 0 Å². The molecule has 4 N–H and O–H groups in total. The summed E-state index contributed by atoms with van der Waals surface area (Å²) in [4.78, 5) is 3.04. The highest BCUT2D eigenvalue weighted by molar-refractivity contribution is 7.17. The van der Waals surface area contributed by atoms with Crippen LogP contribution in [0.25, 0.3) is 0 Å². The van der Waals surface area contributed by atoms with Gasteiger partial charge in [0.2, 0.25) is 5.96 Å². The van der Waals surface area contributed by atoms with Gasteiger partial charge in [0.25, 0.3) is 0 Å². The second-order valence-corrected chi connectivity index (χ2v) is 3.93. The average Bonchev–Trinajstić information content (AvgIpc) is 2.52. The van der Waals surface area contributed by atoms with Gasteiger partial charge >= 0.3 is 0 Å². The lowest BCUT2D eigenvalue weighted by Gasteiger charge is -2.06. The van der Waals surface area contributed by atoms with Gasteiger partial charge < -0.3 is 16.4 Å². The van der Waals surface area contributed by atoms with Crippen molar-refractivity contribution in [3.05, 3.63) is 17.0 Å². The predicted molar refractivity (Wildman–Crippen MR) is 62.0 cm³/mol. The lowest BCUT2D eigenvalue weighted by atomic mass is 10.5. The van der Waals surface area contributed by atoms with Gasteiger partial charge in [0.05, 0.1) is 11.2 Å². The van der Waals surface area contributed by atoms with Gasteiger partial charge in [-0.05, 0) is 12.1 Å². The van der Waals surface area contributed by atoms with Crippen LogP contribution < -0.4 is 16.4 Å². The maximum Gasteiger partial charge on any atom is 0.211 e. The van der Waals surface area contributed by atoms with Gasteiger partial charge in [-0.1, -0.05) is 0 Å². The molecule has 0 bridgehead atoms. The molecule has 1 heterocycles. The van der Waals surface area contributed by atoms with Crippen molar-refractivity contribution < 1.29 is 0 Å². The molecule has 0 aliphatic heterocycles. The van der Waals surface area contributed by atoms with E-state index in [1.807, 2.05) is 31.1 Å². The van der Waals surface area contributed by atoms with E-state index in [1.165, 1.54) is 0 Å². The largest absolute Gasteiger partial charge is 0.370 e. The molecule has 0 atom stereocenters. The van der Waals surface area contributed by atoms with Crippen molar-refractivity contribution in [3.8, 4) is 0 Å². The highest BCUT2D eigenvalue weighted by Crippen LogP contribution is 2.22. The Hall–Kier alpha value is -1.56. The van der Waals surface area contributed by atoms with Gasteiger partial charge in [0.1, 0.15) is 0 Å². The SMILES string of the molecule is CN(C)c1ccc(C=NN=C(N)N)s1. The van der Waals surface area contributed by atoms with Crippen LogP contribution in [0, 0.1) is 0 Å². The zero-order chi connectivity index (χ0) is 10.6. The van der Waals surface area contributed by atoms with Crippen LogP contribution in [0.1, 0.15) is 4.88 Å². The number of nitrogens with zero attached hydrogens (tertiary/aromatic N) is 3. The van der Waals surface area contributed by atoms with Crippen molar-refractivity contribution in [1.82, 2.24) is 0 Å². The van der Waals surface area contributed by atoms with E-state index in [9.17, 15) is 0 Å². The normalized spacial score (nSPS) is 10.4. The zero-order valence-corrected chi connectivity index (χ0v) is 8.95. The Balaban J connectivity index is 2.69. The summed E-state index contributed by atoms with van der Waals surface area (Å²) in [5.41, 5.74) is 10.2. The molecule has 0 fully saturated rings. The van der Waals surface area contributed by atoms with Crippen molar-refractivity contribution in [1.29, 1.82) is 0 Å². The zero-order valence-electron chi connectivity index (χ0n) is 8.14. The molecule has 76 valence electrons. The second-order valence-electron chi connectivity index (χ2n) is 2.84. The van der Waals surface area contributed by atoms with Gasteiger partial charge in [0.15, 0.2) is 0 Å². The van der Waals surface area contributed by atoms with Crippen LogP contribution in [-0.4, -0.2) is 26.3 Å². The smallest absolute Gasteiger partial charge is 0.211 e. The van der Waals surface area contributed by atoms with E-state index >= 15 is 0 Å². The minimum atomic E-state index is -0.0364. The third-order valence-corrected chi connectivity index (χ3v) is 2.60. The van der Waals surface area contributed by atoms with Crippen LogP contribution in [0.3, 0.4) is 0 Å². The molecule has 0 saturated heterocycles. The molecule has 0 unspecified atom stereocenters. The Bertz CT molecular complexity index is 348. The number of hydrogen-bond acceptors (Lipinski definition) is 4. The fourth-order valence-corrected chi connectivity index (χ4v) is 1.60. The summed E-state index contributed by atoms with van der Waals surface area (Å²) in [5, 5.41) is 8.39. The fraction of sp³-hybridized carbons (Fsp3) is 0.250. The Morgan fingerprint density at radius 2 is 2.14 bits per heavy atom. The van der Waals surface area contributed by atoms with Crippen LogP contribution in [0.5, 0.6) is 0 Å². The first-order valence-corrected chi connectivity index (χ1v) is 4.80. The monoisotopic (exact) mass is 211 g/mol. The highest BCUT2D eigenvalue weighted by Gasteiger charge is 1.98. The Morgan fingerprint density at radius 3 is 2.64 bits per heavy atom. The third kappa shape index (κ3) is 3.06. The van der Waals surface area contributed by atoms with Crippen LogP contribution in [0.4, 0.5) is 5.00 Å². The van der Waals surface area contributed by atoms with Crippen LogP contribution in [-0.2, 0) is 0 Å². The number of rotatable bonds is 3. The van der Waals surface area contributed by atoms with E-state index in [-0.39, 0.29) is 5.96 Å². The van der Waals surface area contributed by atoms with Crippen molar-refractivity contribution in [2.75, 3.05) is 19.0 Å². The van der Waals surface area contributed by atoms with Crippen molar-refractivity contribution in [3.63, 3.8) is 0 Å². The van der Waals surface area contributed by atoms with Gasteiger partial charge in [0, 0.05) is 19.0 Å². The molecule has 0 aliphatic carbocycles. The number of nitrogens with two attached hydrogens (primary N) is 2. The first kappa shape index (κ1) is 10.5. The lowest BCUT2D eigenvalue weighted by Crippen LogP contribution is -2.21. The minimum absolute atomic E-state index is 0.0364. The Morgan fingerprint density at radius 1 is 1.43 bits per heavy atom. The molecule has 1 aromatic rings. The molecule has 0 aromatic carbocycles. The molecular weight excluding hydrogens is 198 g/mol. The topological polar surface area (TPSA) is 80.0 Å². The molecule has 5 nitrogen and oxygen atoms in total. The van der Waals surface area contributed by atoms with Crippen molar-refractivity contribution in [2.45, 2.75) is 0 Å². The highest BCUT2D eigenvalue weighted by atomic mass is 32.1. The molecule has 0 amide bonds. The van der Waals surface area contributed by atoms with E-state index in [2.05, 4.69) is 10.2 Å². The Kier molecular flexibility index (Phi) is 3.47. The van der Waals surface area contributed by atoms with E-state index in [1.54, 1.807) is 17.6 Å². The van der Waals surface area contributed by atoms with Crippen LogP contribution >= 0.6 is 11.3 Å². The van der Waals surface area contributed by atoms with Crippen molar-refractivity contribution in [2.24, 2.45) is 21.7 Å². The van der Waals surface area contributed by atoms with Crippen molar-refractivity contribution >= 4 is 28.5 Å². The first-order valence-electron chi connectivity index (χ1n) is 3.98. The standard InChI is InChI=1S/C8H13N5S/c1-13(2)7-4-3-6(14-7)5-11-12-8(9)10/h3-5H,1-2H3,(H4,9,10,12). The van der Waals surface area contributed by atoms with Gasteiger partial charge in [-0.3, -0.25) is 0 Å². The first-order chi connectivity index (χ1) is 6.59. The number of thiophene rings is 1. The molecule has 0 radical (unpaired) electrons. The summed E-state index contributed by atoms with van der Waals surface area (Å²) < 4.78 is 0. The number of hydrogen-bond donors (Lipinski definition) is 2. The molecule has 1 aromatic heterocycles. The van der Waals surface area contributed by atoms with Crippen LogP contribution in [0.2, 0.25) is 0 Å². The molecule has 0 spiro atoms.